The van der Waals surface area contributed by atoms with Crippen LogP contribution in [0.1, 0.15) is 17.5 Å². The number of nitro benzene ring substituents is 1. The van der Waals surface area contributed by atoms with Crippen LogP contribution in [0.5, 0.6) is 0 Å². The molecule has 0 saturated heterocycles. The first-order valence-corrected chi connectivity index (χ1v) is 6.43. The van der Waals surface area contributed by atoms with Crippen molar-refractivity contribution in [2.24, 2.45) is 0 Å². The van der Waals surface area contributed by atoms with Gasteiger partial charge in [-0.25, -0.2) is 0 Å². The first kappa shape index (κ1) is 13.5. The average Bonchev–Trinajstić information content (AvgIpc) is 2.87. The Bertz CT molecular complexity index is 616. The van der Waals surface area contributed by atoms with Crippen LogP contribution in [0, 0.1) is 10.1 Å². The summed E-state index contributed by atoms with van der Waals surface area (Å²) < 4.78 is 5.44. The van der Waals surface area contributed by atoms with E-state index in [1.807, 2.05) is 0 Å². The van der Waals surface area contributed by atoms with E-state index in [1.165, 1.54) is 12.1 Å². The van der Waals surface area contributed by atoms with Gasteiger partial charge in [-0.15, -0.1) is 0 Å². The molecule has 2 rings (SSSR count). The van der Waals surface area contributed by atoms with Gasteiger partial charge in [0.05, 0.1) is 9.75 Å². The lowest BCUT2D eigenvalue weighted by Crippen LogP contribution is -2.08. The Kier molecular flexibility index (Phi) is 3.80. The first-order chi connectivity index (χ1) is 8.99. The Hall–Kier alpha value is -1.95. The zero-order valence-electron chi connectivity index (χ0n) is 10.00. The molecule has 1 aromatic heterocycles. The van der Waals surface area contributed by atoms with Crippen molar-refractivity contribution in [2.45, 2.75) is 11.8 Å². The van der Waals surface area contributed by atoms with Crippen molar-refractivity contribution in [1.82, 2.24) is 0 Å². The quantitative estimate of drug-likeness (QED) is 0.371. The molecule has 0 bridgehead atoms. The van der Waals surface area contributed by atoms with Crippen molar-refractivity contribution in [3.05, 3.63) is 52.3 Å². The molecular formula is C13H10BrNO4. The van der Waals surface area contributed by atoms with Crippen LogP contribution < -0.4 is 0 Å². The molecule has 98 valence electrons. The largest absolute Gasteiger partial charge is 0.453 e. The molecule has 0 aliphatic rings. The highest BCUT2D eigenvalue weighted by atomic mass is 79.9. The number of nitro groups is 1. The van der Waals surface area contributed by atoms with Crippen LogP contribution in [0.2, 0.25) is 0 Å². The lowest BCUT2D eigenvalue weighted by molar-refractivity contribution is -0.384. The molecule has 0 saturated carbocycles. The lowest BCUT2D eigenvalue weighted by Gasteiger charge is -1.99. The van der Waals surface area contributed by atoms with Crippen LogP contribution in [0.15, 0.2) is 40.8 Å². The first-order valence-electron chi connectivity index (χ1n) is 5.52. The Morgan fingerprint density at radius 1 is 1.26 bits per heavy atom. The lowest BCUT2D eigenvalue weighted by atomic mass is 10.1. The zero-order chi connectivity index (χ0) is 14.0. The van der Waals surface area contributed by atoms with Gasteiger partial charge in [-0.3, -0.25) is 14.9 Å². The van der Waals surface area contributed by atoms with E-state index in [2.05, 4.69) is 15.9 Å². The minimum atomic E-state index is -0.465. The summed E-state index contributed by atoms with van der Waals surface area (Å²) >= 11 is 3.18. The standard InChI is InChI=1S/C13H10BrNO4/c1-8(14)13(16)12-7-6-11(19-12)9-2-4-10(5-3-9)15(17)18/h2-8H,1H3. The molecule has 0 N–H and O–H groups in total. The second kappa shape index (κ2) is 5.36. The second-order valence-corrected chi connectivity index (χ2v) is 5.32. The minimum Gasteiger partial charge on any atom is -0.453 e. The average molecular weight is 324 g/mol. The fourth-order valence-electron chi connectivity index (χ4n) is 1.57. The monoisotopic (exact) mass is 323 g/mol. The zero-order valence-corrected chi connectivity index (χ0v) is 11.6. The third-order valence-electron chi connectivity index (χ3n) is 2.57. The van der Waals surface area contributed by atoms with Gasteiger partial charge >= 0.3 is 0 Å². The highest BCUT2D eigenvalue weighted by Crippen LogP contribution is 2.25. The SMILES string of the molecule is CC(Br)C(=O)c1ccc(-c2ccc([N+](=O)[O-])cc2)o1. The van der Waals surface area contributed by atoms with Crippen LogP contribution >= 0.6 is 15.9 Å². The molecule has 0 spiro atoms. The van der Waals surface area contributed by atoms with Crippen molar-refractivity contribution in [1.29, 1.82) is 0 Å². The third-order valence-corrected chi connectivity index (χ3v) is 2.99. The normalized spacial score (nSPS) is 12.1. The van der Waals surface area contributed by atoms with E-state index in [0.717, 1.165) is 0 Å². The number of halogens is 1. The fraction of sp³-hybridized carbons (Fsp3) is 0.154. The van der Waals surface area contributed by atoms with Gasteiger partial charge in [0.1, 0.15) is 5.76 Å². The van der Waals surface area contributed by atoms with E-state index >= 15 is 0 Å². The van der Waals surface area contributed by atoms with Gasteiger partial charge < -0.3 is 4.42 Å². The van der Waals surface area contributed by atoms with E-state index in [4.69, 9.17) is 4.42 Å². The topological polar surface area (TPSA) is 73.3 Å². The molecular weight excluding hydrogens is 314 g/mol. The summed E-state index contributed by atoms with van der Waals surface area (Å²) in [5.74, 6) is 0.622. The predicted octanol–water partition coefficient (Wildman–Crippen LogP) is 3.82. The summed E-state index contributed by atoms with van der Waals surface area (Å²) in [5.41, 5.74) is 0.701. The predicted molar refractivity (Wildman–Crippen MR) is 73.5 cm³/mol. The summed E-state index contributed by atoms with van der Waals surface area (Å²) in [6.45, 7) is 1.72. The van der Waals surface area contributed by atoms with Crippen molar-refractivity contribution in [3.63, 3.8) is 0 Å². The van der Waals surface area contributed by atoms with Crippen LogP contribution in [0.25, 0.3) is 11.3 Å². The van der Waals surface area contributed by atoms with E-state index in [9.17, 15) is 14.9 Å². The number of non-ortho nitro benzene ring substituents is 1. The summed E-state index contributed by atoms with van der Waals surface area (Å²) in [5, 5.41) is 10.5. The molecule has 0 radical (unpaired) electrons. The number of carbonyl (C=O) groups is 1. The van der Waals surface area contributed by atoms with E-state index in [0.29, 0.717) is 11.3 Å². The molecule has 0 aliphatic heterocycles. The smallest absolute Gasteiger partial charge is 0.269 e. The molecule has 19 heavy (non-hydrogen) atoms. The number of carbonyl (C=O) groups excluding carboxylic acids is 1. The minimum absolute atomic E-state index is 0.0145. The van der Waals surface area contributed by atoms with Crippen molar-refractivity contribution in [3.8, 4) is 11.3 Å². The number of hydrogen-bond acceptors (Lipinski definition) is 4. The molecule has 1 atom stereocenters. The molecule has 2 aromatic rings. The van der Waals surface area contributed by atoms with Gasteiger partial charge in [0.25, 0.3) is 5.69 Å². The molecule has 1 heterocycles. The second-order valence-electron chi connectivity index (χ2n) is 3.95. The van der Waals surface area contributed by atoms with Gasteiger partial charge in [0, 0.05) is 17.7 Å². The van der Waals surface area contributed by atoms with Gasteiger partial charge in [0.2, 0.25) is 5.78 Å². The molecule has 0 fully saturated rings. The maximum atomic E-state index is 11.7. The fourth-order valence-corrected chi connectivity index (χ4v) is 1.79. The Labute approximate surface area is 117 Å². The Balaban J connectivity index is 2.28. The summed E-state index contributed by atoms with van der Waals surface area (Å²) in [4.78, 5) is 21.5. The Morgan fingerprint density at radius 3 is 2.42 bits per heavy atom. The maximum absolute atomic E-state index is 11.7. The summed E-state index contributed by atoms with van der Waals surface area (Å²) in [7, 11) is 0. The van der Waals surface area contributed by atoms with E-state index in [-0.39, 0.29) is 22.1 Å². The number of alkyl halides is 1. The Morgan fingerprint density at radius 2 is 1.89 bits per heavy atom. The van der Waals surface area contributed by atoms with Crippen LogP contribution in [-0.4, -0.2) is 15.5 Å². The molecule has 0 amide bonds. The molecule has 6 heteroatoms. The molecule has 1 unspecified atom stereocenters. The number of hydrogen-bond donors (Lipinski definition) is 0. The number of Topliss-reactive ketones (excluding diaryl/α,β-unsaturated/α-hetero) is 1. The van der Waals surface area contributed by atoms with Gasteiger partial charge in [-0.05, 0) is 31.2 Å². The number of ketones is 1. The number of furan rings is 1. The molecule has 5 nitrogen and oxygen atoms in total. The van der Waals surface area contributed by atoms with Gasteiger partial charge in [0.15, 0.2) is 5.76 Å². The van der Waals surface area contributed by atoms with Crippen molar-refractivity contribution in [2.75, 3.05) is 0 Å². The summed E-state index contributed by atoms with van der Waals surface area (Å²) in [6.07, 6.45) is 0. The molecule has 0 aliphatic carbocycles. The van der Waals surface area contributed by atoms with Crippen LogP contribution in [0.3, 0.4) is 0 Å². The van der Waals surface area contributed by atoms with Gasteiger partial charge in [-0.2, -0.15) is 0 Å². The number of benzene rings is 1. The molecule has 1 aromatic carbocycles. The number of nitrogens with zero attached hydrogens (tertiary/aromatic N) is 1. The number of rotatable bonds is 4. The maximum Gasteiger partial charge on any atom is 0.269 e. The van der Waals surface area contributed by atoms with E-state index < -0.39 is 4.92 Å². The van der Waals surface area contributed by atoms with Crippen molar-refractivity contribution >= 4 is 27.4 Å². The third kappa shape index (κ3) is 2.90. The van der Waals surface area contributed by atoms with Crippen LogP contribution in [-0.2, 0) is 0 Å². The van der Waals surface area contributed by atoms with E-state index in [1.54, 1.807) is 31.2 Å². The van der Waals surface area contributed by atoms with Crippen molar-refractivity contribution < 1.29 is 14.1 Å². The highest BCUT2D eigenvalue weighted by molar-refractivity contribution is 9.10. The van der Waals surface area contributed by atoms with Crippen LogP contribution in [0.4, 0.5) is 5.69 Å². The highest BCUT2D eigenvalue weighted by Gasteiger charge is 2.17. The summed E-state index contributed by atoms with van der Waals surface area (Å²) in [6, 6.07) is 9.23. The van der Waals surface area contributed by atoms with Gasteiger partial charge in [-0.1, -0.05) is 15.9 Å².